The summed E-state index contributed by atoms with van der Waals surface area (Å²) in [6, 6.07) is 14.9. The molecule has 27 heavy (non-hydrogen) atoms. The fraction of sp³-hybridized carbons (Fsp3) is 0.200. The van der Waals surface area contributed by atoms with E-state index in [2.05, 4.69) is 15.0 Å². The summed E-state index contributed by atoms with van der Waals surface area (Å²) in [7, 11) is 2.85. The number of nitrogens with zero attached hydrogens (tertiary/aromatic N) is 1. The molecule has 0 bridgehead atoms. The van der Waals surface area contributed by atoms with E-state index in [1.807, 2.05) is 43.3 Å². The fourth-order valence-electron chi connectivity index (χ4n) is 2.50. The first-order valence-electron chi connectivity index (χ1n) is 8.28. The van der Waals surface area contributed by atoms with Gasteiger partial charge in [0.2, 0.25) is 5.89 Å². The highest BCUT2D eigenvalue weighted by molar-refractivity contribution is 5.85. The predicted octanol–water partition coefficient (Wildman–Crippen LogP) is 4.42. The van der Waals surface area contributed by atoms with E-state index in [-0.39, 0.29) is 6.61 Å². The van der Waals surface area contributed by atoms with Crippen LogP contribution >= 0.6 is 0 Å². The topological polar surface area (TPSA) is 82.8 Å². The first kappa shape index (κ1) is 18.3. The lowest BCUT2D eigenvalue weighted by molar-refractivity contribution is 0.187. The van der Waals surface area contributed by atoms with E-state index >= 15 is 0 Å². The van der Waals surface area contributed by atoms with E-state index in [4.69, 9.17) is 13.9 Å². The molecule has 0 spiro atoms. The molecule has 0 fully saturated rings. The molecule has 0 aliphatic carbocycles. The zero-order valence-corrected chi connectivity index (χ0v) is 15.3. The second-order valence-electron chi connectivity index (χ2n) is 5.70. The molecule has 7 nitrogen and oxygen atoms in total. The van der Waals surface area contributed by atoms with Gasteiger partial charge in [-0.2, -0.15) is 0 Å². The molecule has 0 saturated carbocycles. The van der Waals surface area contributed by atoms with Crippen LogP contribution in [0.1, 0.15) is 11.5 Å². The maximum atomic E-state index is 11.3. The van der Waals surface area contributed by atoms with E-state index < -0.39 is 6.09 Å². The molecule has 1 N–H and O–H groups in total. The van der Waals surface area contributed by atoms with Gasteiger partial charge in [-0.15, -0.1) is 0 Å². The molecule has 2 aromatic carbocycles. The minimum atomic E-state index is -0.521. The van der Waals surface area contributed by atoms with E-state index in [1.165, 1.54) is 14.2 Å². The average molecular weight is 368 g/mol. The number of ether oxygens (including phenoxy) is 3. The van der Waals surface area contributed by atoms with Gasteiger partial charge in [0, 0.05) is 11.3 Å². The highest BCUT2D eigenvalue weighted by Crippen LogP contribution is 2.30. The Balaban J connectivity index is 1.71. The summed E-state index contributed by atoms with van der Waals surface area (Å²) >= 11 is 0. The number of amides is 1. The molecule has 1 aromatic heterocycles. The molecule has 0 unspecified atom stereocenters. The van der Waals surface area contributed by atoms with E-state index in [9.17, 15) is 4.79 Å². The number of methoxy groups -OCH3 is 2. The van der Waals surface area contributed by atoms with Crippen LogP contribution in [0.2, 0.25) is 0 Å². The number of hydrogen-bond donors (Lipinski definition) is 1. The van der Waals surface area contributed by atoms with Crippen LogP contribution < -0.4 is 14.8 Å². The monoisotopic (exact) mass is 368 g/mol. The molecule has 0 saturated heterocycles. The number of rotatable bonds is 6. The Morgan fingerprint density at radius 2 is 1.93 bits per heavy atom. The summed E-state index contributed by atoms with van der Waals surface area (Å²) in [6.45, 7) is 2.01. The van der Waals surface area contributed by atoms with Gasteiger partial charge in [0.05, 0.1) is 14.2 Å². The average Bonchev–Trinajstić information content (AvgIpc) is 3.12. The molecule has 0 aliphatic rings. The third kappa shape index (κ3) is 4.38. The van der Waals surface area contributed by atoms with Crippen LogP contribution in [0.25, 0.3) is 11.3 Å². The lowest BCUT2D eigenvalue weighted by Gasteiger charge is -2.09. The molecule has 0 atom stereocenters. The Morgan fingerprint density at radius 3 is 2.59 bits per heavy atom. The Morgan fingerprint density at radius 1 is 1.15 bits per heavy atom. The maximum Gasteiger partial charge on any atom is 0.411 e. The van der Waals surface area contributed by atoms with Crippen LogP contribution in [-0.2, 0) is 11.3 Å². The summed E-state index contributed by atoms with van der Waals surface area (Å²) in [6.07, 6.45) is -0.521. The number of aryl methyl sites for hydroxylation is 1. The number of aromatic nitrogens is 1. The SMILES string of the molecule is COC(=O)Nc1ccc(OCc2nc(-c3ccccc3)c(OC)o2)cc1C. The molecule has 0 radical (unpaired) electrons. The zero-order valence-electron chi connectivity index (χ0n) is 15.3. The van der Waals surface area contributed by atoms with Crippen molar-refractivity contribution in [3.05, 3.63) is 60.0 Å². The van der Waals surface area contributed by atoms with Gasteiger partial charge in [-0.05, 0) is 30.7 Å². The quantitative estimate of drug-likeness (QED) is 0.694. The maximum absolute atomic E-state index is 11.3. The van der Waals surface area contributed by atoms with Gasteiger partial charge in [0.15, 0.2) is 12.3 Å². The number of hydrogen-bond acceptors (Lipinski definition) is 6. The summed E-state index contributed by atoms with van der Waals surface area (Å²) in [4.78, 5) is 15.8. The number of carbonyl (C=O) groups excluding carboxylic acids is 1. The molecule has 1 amide bonds. The van der Waals surface area contributed by atoms with Crippen molar-refractivity contribution in [1.29, 1.82) is 0 Å². The molecule has 7 heteroatoms. The first-order valence-corrected chi connectivity index (χ1v) is 8.28. The van der Waals surface area contributed by atoms with Crippen LogP contribution in [0.15, 0.2) is 52.9 Å². The summed E-state index contributed by atoms with van der Waals surface area (Å²) < 4.78 is 21.3. The molecular formula is C20H20N2O5. The molecular weight excluding hydrogens is 348 g/mol. The predicted molar refractivity (Wildman–Crippen MR) is 100 cm³/mol. The van der Waals surface area contributed by atoms with Gasteiger partial charge in [0.25, 0.3) is 0 Å². The zero-order chi connectivity index (χ0) is 19.2. The van der Waals surface area contributed by atoms with Crippen LogP contribution in [0, 0.1) is 6.92 Å². The van der Waals surface area contributed by atoms with Crippen molar-refractivity contribution in [1.82, 2.24) is 4.98 Å². The van der Waals surface area contributed by atoms with Crippen LogP contribution in [0.3, 0.4) is 0 Å². The highest BCUT2D eigenvalue weighted by Gasteiger charge is 2.16. The van der Waals surface area contributed by atoms with Crippen molar-refractivity contribution in [3.63, 3.8) is 0 Å². The Bertz CT molecular complexity index is 921. The highest BCUT2D eigenvalue weighted by atomic mass is 16.6. The molecule has 140 valence electrons. The van der Waals surface area contributed by atoms with Gasteiger partial charge in [-0.25, -0.2) is 9.78 Å². The minimum Gasteiger partial charge on any atom is -0.484 e. The minimum absolute atomic E-state index is 0.145. The van der Waals surface area contributed by atoms with Gasteiger partial charge < -0.3 is 18.6 Å². The second kappa shape index (κ2) is 8.27. The standard InChI is InChI=1S/C20H20N2O5/c1-13-11-15(9-10-16(13)21-20(23)25-3)26-12-17-22-18(19(24-2)27-17)14-7-5-4-6-8-14/h4-11H,12H2,1-3H3,(H,21,23). The number of anilines is 1. The van der Waals surface area contributed by atoms with Crippen LogP contribution in [-0.4, -0.2) is 25.3 Å². The molecule has 0 aliphatic heterocycles. The van der Waals surface area contributed by atoms with Crippen molar-refractivity contribution in [2.45, 2.75) is 13.5 Å². The molecule has 1 heterocycles. The molecule has 3 aromatic rings. The third-order valence-corrected chi connectivity index (χ3v) is 3.86. The van der Waals surface area contributed by atoms with E-state index in [1.54, 1.807) is 12.1 Å². The van der Waals surface area contributed by atoms with E-state index in [0.717, 1.165) is 11.1 Å². The van der Waals surface area contributed by atoms with Gasteiger partial charge >= 0.3 is 12.0 Å². The fourth-order valence-corrected chi connectivity index (χ4v) is 2.50. The lowest BCUT2D eigenvalue weighted by atomic mass is 10.2. The largest absolute Gasteiger partial charge is 0.484 e. The smallest absolute Gasteiger partial charge is 0.411 e. The van der Waals surface area contributed by atoms with Crippen molar-refractivity contribution in [2.24, 2.45) is 0 Å². The van der Waals surface area contributed by atoms with Crippen molar-refractivity contribution < 1.29 is 23.4 Å². The summed E-state index contributed by atoms with van der Waals surface area (Å²) in [5, 5.41) is 2.63. The number of nitrogens with one attached hydrogen (secondary N) is 1. The molecule has 3 rings (SSSR count). The summed E-state index contributed by atoms with van der Waals surface area (Å²) in [5.41, 5.74) is 3.02. The number of benzene rings is 2. The Kier molecular flexibility index (Phi) is 5.61. The van der Waals surface area contributed by atoms with Gasteiger partial charge in [-0.1, -0.05) is 30.3 Å². The van der Waals surface area contributed by atoms with Crippen molar-refractivity contribution in [3.8, 4) is 23.0 Å². The number of carbonyl (C=O) groups is 1. The third-order valence-electron chi connectivity index (χ3n) is 3.86. The van der Waals surface area contributed by atoms with Crippen molar-refractivity contribution >= 4 is 11.8 Å². The lowest BCUT2D eigenvalue weighted by Crippen LogP contribution is -2.11. The van der Waals surface area contributed by atoms with Crippen LogP contribution in [0.5, 0.6) is 11.7 Å². The Labute approximate surface area is 156 Å². The van der Waals surface area contributed by atoms with Gasteiger partial charge in [0.1, 0.15) is 5.75 Å². The van der Waals surface area contributed by atoms with Crippen LogP contribution in [0.4, 0.5) is 10.5 Å². The van der Waals surface area contributed by atoms with E-state index in [0.29, 0.717) is 29.0 Å². The Hall–Kier alpha value is -3.48. The normalized spacial score (nSPS) is 10.3. The number of oxazole rings is 1. The van der Waals surface area contributed by atoms with Crippen molar-refractivity contribution in [2.75, 3.05) is 19.5 Å². The first-order chi connectivity index (χ1) is 13.1. The summed E-state index contributed by atoms with van der Waals surface area (Å²) in [5.74, 6) is 1.37. The van der Waals surface area contributed by atoms with Gasteiger partial charge in [-0.3, -0.25) is 5.32 Å². The second-order valence-corrected chi connectivity index (χ2v) is 5.70.